The number of benzene rings is 1. The van der Waals surface area contributed by atoms with Gasteiger partial charge in [0.25, 0.3) is 0 Å². The summed E-state index contributed by atoms with van der Waals surface area (Å²) in [7, 11) is 0. The predicted molar refractivity (Wildman–Crippen MR) is 76.9 cm³/mol. The first-order valence-corrected chi connectivity index (χ1v) is 6.37. The fourth-order valence-corrected chi connectivity index (χ4v) is 2.09. The van der Waals surface area contributed by atoms with E-state index in [9.17, 15) is 0 Å². The maximum Gasteiger partial charge on any atom is 0.179 e. The molecule has 0 fully saturated rings. The van der Waals surface area contributed by atoms with Crippen LogP contribution in [0.3, 0.4) is 0 Å². The van der Waals surface area contributed by atoms with Gasteiger partial charge in [0.05, 0.1) is 5.52 Å². The van der Waals surface area contributed by atoms with Gasteiger partial charge in [-0.3, -0.25) is 0 Å². The molecule has 0 aliphatic carbocycles. The monoisotopic (exact) mass is 252 g/mol. The highest BCUT2D eigenvalue weighted by atomic mass is 15.0. The number of aromatic amines is 1. The number of hydrogen-bond acceptors (Lipinski definition) is 3. The minimum absolute atomic E-state index is 0.504. The van der Waals surface area contributed by atoms with E-state index in [4.69, 9.17) is 5.73 Å². The van der Waals surface area contributed by atoms with Gasteiger partial charge in [0.1, 0.15) is 11.6 Å². The van der Waals surface area contributed by atoms with E-state index in [-0.39, 0.29) is 0 Å². The van der Waals surface area contributed by atoms with Crippen molar-refractivity contribution in [2.45, 2.75) is 19.8 Å². The molecular formula is C15H16N4. The van der Waals surface area contributed by atoms with Crippen LogP contribution in [0.15, 0.2) is 36.4 Å². The Bertz CT molecular complexity index is 698. The van der Waals surface area contributed by atoms with E-state index < -0.39 is 0 Å². The molecular weight excluding hydrogens is 236 g/mol. The summed E-state index contributed by atoms with van der Waals surface area (Å²) in [6.45, 7) is 2.10. The second-order valence-electron chi connectivity index (χ2n) is 4.78. The number of H-pyrrole nitrogens is 1. The highest BCUT2D eigenvalue weighted by Gasteiger charge is 2.04. The van der Waals surface area contributed by atoms with Gasteiger partial charge in [-0.1, -0.05) is 29.8 Å². The second-order valence-corrected chi connectivity index (χ2v) is 4.78. The molecule has 0 aliphatic heterocycles. The number of nitrogens with zero attached hydrogens (tertiary/aromatic N) is 2. The van der Waals surface area contributed by atoms with Crippen LogP contribution in [0, 0.1) is 6.92 Å². The molecule has 4 heteroatoms. The zero-order valence-electron chi connectivity index (χ0n) is 10.9. The zero-order chi connectivity index (χ0) is 13.2. The van der Waals surface area contributed by atoms with Crippen LogP contribution in [0.2, 0.25) is 0 Å². The average Bonchev–Trinajstić information content (AvgIpc) is 2.80. The highest BCUT2D eigenvalue weighted by molar-refractivity contribution is 5.72. The molecule has 3 N–H and O–H groups in total. The van der Waals surface area contributed by atoms with Crippen molar-refractivity contribution in [1.82, 2.24) is 15.0 Å². The Balaban J connectivity index is 1.76. The number of nitrogens with two attached hydrogens (primary N) is 1. The maximum atomic E-state index is 5.65. The van der Waals surface area contributed by atoms with E-state index in [1.807, 2.05) is 6.07 Å². The molecule has 0 saturated carbocycles. The molecule has 3 rings (SSSR count). The molecule has 0 amide bonds. The summed E-state index contributed by atoms with van der Waals surface area (Å²) >= 11 is 0. The van der Waals surface area contributed by atoms with E-state index in [0.717, 1.165) is 24.2 Å². The van der Waals surface area contributed by atoms with Crippen molar-refractivity contribution >= 4 is 17.0 Å². The largest absolute Gasteiger partial charge is 0.384 e. The van der Waals surface area contributed by atoms with Gasteiger partial charge in [0.15, 0.2) is 5.65 Å². The number of imidazole rings is 1. The number of pyridine rings is 1. The molecule has 0 saturated heterocycles. The third-order valence-corrected chi connectivity index (χ3v) is 3.19. The van der Waals surface area contributed by atoms with Crippen LogP contribution in [0.5, 0.6) is 0 Å². The summed E-state index contributed by atoms with van der Waals surface area (Å²) in [6.07, 6.45) is 1.84. The smallest absolute Gasteiger partial charge is 0.179 e. The molecule has 3 aromatic rings. The molecule has 0 unspecified atom stereocenters. The van der Waals surface area contributed by atoms with E-state index in [2.05, 4.69) is 46.1 Å². The third kappa shape index (κ3) is 2.57. The van der Waals surface area contributed by atoms with Crippen molar-refractivity contribution in [3.63, 3.8) is 0 Å². The molecule has 1 aromatic carbocycles. The zero-order valence-corrected chi connectivity index (χ0v) is 10.9. The normalized spacial score (nSPS) is 11.0. The molecule has 0 atom stereocenters. The van der Waals surface area contributed by atoms with Crippen LogP contribution in [0.1, 0.15) is 17.0 Å². The number of rotatable bonds is 3. The Hall–Kier alpha value is -2.36. The van der Waals surface area contributed by atoms with Gasteiger partial charge in [0.2, 0.25) is 0 Å². The molecule has 4 nitrogen and oxygen atoms in total. The van der Waals surface area contributed by atoms with Gasteiger partial charge in [0, 0.05) is 6.42 Å². The highest BCUT2D eigenvalue weighted by Crippen LogP contribution is 2.13. The molecule has 0 spiro atoms. The summed E-state index contributed by atoms with van der Waals surface area (Å²) < 4.78 is 0. The molecule has 2 aromatic heterocycles. The van der Waals surface area contributed by atoms with Crippen molar-refractivity contribution in [2.75, 3.05) is 5.73 Å². The molecule has 96 valence electrons. The lowest BCUT2D eigenvalue weighted by atomic mass is 10.1. The van der Waals surface area contributed by atoms with E-state index >= 15 is 0 Å². The fraction of sp³-hybridized carbons (Fsp3) is 0.200. The van der Waals surface area contributed by atoms with Crippen molar-refractivity contribution in [3.8, 4) is 0 Å². The van der Waals surface area contributed by atoms with Crippen LogP contribution in [0.4, 0.5) is 5.82 Å². The fourth-order valence-electron chi connectivity index (χ4n) is 2.09. The number of anilines is 1. The van der Waals surface area contributed by atoms with Gasteiger partial charge in [-0.2, -0.15) is 0 Å². The molecule has 0 aliphatic rings. The van der Waals surface area contributed by atoms with Crippen molar-refractivity contribution in [1.29, 1.82) is 0 Å². The van der Waals surface area contributed by atoms with Crippen LogP contribution in [-0.2, 0) is 12.8 Å². The number of fused-ring (bicyclic) bond motifs is 1. The number of aromatic nitrogens is 3. The first kappa shape index (κ1) is 11.7. The Morgan fingerprint density at radius 1 is 1.00 bits per heavy atom. The molecule has 0 bridgehead atoms. The van der Waals surface area contributed by atoms with E-state index in [0.29, 0.717) is 11.5 Å². The van der Waals surface area contributed by atoms with Gasteiger partial charge < -0.3 is 10.7 Å². The maximum absolute atomic E-state index is 5.65. The van der Waals surface area contributed by atoms with Crippen LogP contribution in [-0.4, -0.2) is 15.0 Å². The van der Waals surface area contributed by atoms with Crippen molar-refractivity contribution in [2.24, 2.45) is 0 Å². The van der Waals surface area contributed by atoms with Crippen LogP contribution in [0.25, 0.3) is 11.2 Å². The number of nitrogen functional groups attached to an aromatic ring is 1. The summed E-state index contributed by atoms with van der Waals surface area (Å²) in [4.78, 5) is 11.9. The predicted octanol–water partition coefficient (Wildman–Crippen LogP) is 2.63. The quantitative estimate of drug-likeness (QED) is 0.753. The van der Waals surface area contributed by atoms with Crippen molar-refractivity contribution < 1.29 is 0 Å². The number of nitrogens with one attached hydrogen (secondary N) is 1. The van der Waals surface area contributed by atoms with Gasteiger partial charge >= 0.3 is 0 Å². The Kier molecular flexibility index (Phi) is 2.91. The first-order valence-electron chi connectivity index (χ1n) is 6.37. The standard InChI is InChI=1S/C15H16N4/c1-10-2-4-11(5-3-10)6-9-14-17-12-7-8-13(16)18-15(12)19-14/h2-5,7-8H,6,9H2,1H3,(H3,16,17,18,19). The van der Waals surface area contributed by atoms with Crippen LogP contribution >= 0.6 is 0 Å². The van der Waals surface area contributed by atoms with Gasteiger partial charge in [-0.25, -0.2) is 9.97 Å². The van der Waals surface area contributed by atoms with Gasteiger partial charge in [-0.05, 0) is 31.0 Å². The second kappa shape index (κ2) is 4.72. The summed E-state index contributed by atoms with van der Waals surface area (Å²) in [5.74, 6) is 1.46. The lowest BCUT2D eigenvalue weighted by Crippen LogP contribution is -1.93. The minimum Gasteiger partial charge on any atom is -0.384 e. The van der Waals surface area contributed by atoms with Gasteiger partial charge in [-0.15, -0.1) is 0 Å². The number of hydrogen-bond donors (Lipinski definition) is 2. The Labute approximate surface area is 111 Å². The summed E-state index contributed by atoms with van der Waals surface area (Å²) in [6, 6.07) is 12.3. The summed E-state index contributed by atoms with van der Waals surface area (Å²) in [5, 5.41) is 0. The van der Waals surface area contributed by atoms with E-state index in [1.165, 1.54) is 11.1 Å². The molecule has 0 radical (unpaired) electrons. The third-order valence-electron chi connectivity index (χ3n) is 3.19. The first-order chi connectivity index (χ1) is 9.20. The SMILES string of the molecule is Cc1ccc(CCc2nc3nc(N)ccc3[nH]2)cc1. The number of aryl methyl sites for hydroxylation is 3. The lowest BCUT2D eigenvalue weighted by molar-refractivity contribution is 0.888. The van der Waals surface area contributed by atoms with Crippen molar-refractivity contribution in [3.05, 3.63) is 53.3 Å². The average molecular weight is 252 g/mol. The topological polar surface area (TPSA) is 67.6 Å². The van der Waals surface area contributed by atoms with E-state index in [1.54, 1.807) is 6.07 Å². The summed E-state index contributed by atoms with van der Waals surface area (Å²) in [5.41, 5.74) is 9.88. The van der Waals surface area contributed by atoms with Crippen LogP contribution < -0.4 is 5.73 Å². The molecule has 19 heavy (non-hydrogen) atoms. The Morgan fingerprint density at radius 2 is 1.79 bits per heavy atom. The minimum atomic E-state index is 0.504. The Morgan fingerprint density at radius 3 is 2.58 bits per heavy atom. The lowest BCUT2D eigenvalue weighted by Gasteiger charge is -1.99. The molecule has 2 heterocycles.